The predicted octanol–water partition coefficient (Wildman–Crippen LogP) is 3.24. The van der Waals surface area contributed by atoms with Gasteiger partial charge >= 0.3 is 0 Å². The molecule has 8 heteroatoms. The van der Waals surface area contributed by atoms with Crippen LogP contribution in [0.2, 0.25) is 0 Å². The van der Waals surface area contributed by atoms with E-state index in [2.05, 4.69) is 5.32 Å². The van der Waals surface area contributed by atoms with Crippen molar-refractivity contribution >= 4 is 11.4 Å². The quantitative estimate of drug-likeness (QED) is 0.501. The Bertz CT molecular complexity index is 775. The number of nitro groups is 1. The molecule has 0 unspecified atom stereocenters. The highest BCUT2D eigenvalue weighted by Gasteiger charge is 2.10. The van der Waals surface area contributed by atoms with E-state index in [1.54, 1.807) is 0 Å². The molecule has 0 aliphatic rings. The lowest BCUT2D eigenvalue weighted by Crippen LogP contribution is -2.13. The zero-order chi connectivity index (χ0) is 16.8. The van der Waals surface area contributed by atoms with Gasteiger partial charge in [-0.1, -0.05) is 0 Å². The van der Waals surface area contributed by atoms with Crippen molar-refractivity contribution in [3.8, 4) is 11.8 Å². The highest BCUT2D eigenvalue weighted by Crippen LogP contribution is 2.21. The molecule has 0 radical (unpaired) electrons. The van der Waals surface area contributed by atoms with Crippen molar-refractivity contribution in [1.29, 1.82) is 5.26 Å². The number of ether oxygens (including phenoxy) is 1. The largest absolute Gasteiger partial charge is 0.489 e. The van der Waals surface area contributed by atoms with Crippen molar-refractivity contribution in [1.82, 2.24) is 0 Å². The maximum atomic E-state index is 13.3. The normalized spacial score (nSPS) is 9.96. The van der Waals surface area contributed by atoms with Crippen LogP contribution in [0.3, 0.4) is 0 Å². The summed E-state index contributed by atoms with van der Waals surface area (Å²) in [5.74, 6) is -1.59. The molecule has 0 saturated carbocycles. The molecule has 2 aromatic rings. The average molecular weight is 319 g/mol. The number of anilines is 1. The fraction of sp³-hybridized carbons (Fsp3) is 0.133. The molecule has 0 aliphatic carbocycles. The van der Waals surface area contributed by atoms with E-state index in [4.69, 9.17) is 10.00 Å². The third-order valence-corrected chi connectivity index (χ3v) is 2.90. The van der Waals surface area contributed by atoms with E-state index in [1.165, 1.54) is 18.2 Å². The van der Waals surface area contributed by atoms with Gasteiger partial charge in [-0.3, -0.25) is 10.1 Å². The zero-order valence-electron chi connectivity index (χ0n) is 11.8. The van der Waals surface area contributed by atoms with Crippen LogP contribution < -0.4 is 10.1 Å². The molecule has 1 N–H and O–H groups in total. The van der Waals surface area contributed by atoms with Crippen molar-refractivity contribution < 1.29 is 18.4 Å². The number of benzene rings is 2. The summed E-state index contributed by atoms with van der Waals surface area (Å²) in [7, 11) is 0. The summed E-state index contributed by atoms with van der Waals surface area (Å²) in [5, 5.41) is 22.5. The Kier molecular flexibility index (Phi) is 5.04. The third kappa shape index (κ3) is 4.14. The minimum atomic E-state index is -0.807. The van der Waals surface area contributed by atoms with Crippen LogP contribution >= 0.6 is 0 Å². The first-order valence-corrected chi connectivity index (χ1v) is 6.51. The topological polar surface area (TPSA) is 88.2 Å². The number of hydrogen-bond acceptors (Lipinski definition) is 5. The number of non-ortho nitro benzene ring substituents is 1. The SMILES string of the molecule is N#Cc1cc([N+](=O)[O-])ccc1NCCOc1ccc(F)cc1F. The van der Waals surface area contributed by atoms with Crippen molar-refractivity contribution in [2.45, 2.75) is 0 Å². The Morgan fingerprint density at radius 3 is 2.70 bits per heavy atom. The first-order chi connectivity index (χ1) is 11.0. The smallest absolute Gasteiger partial charge is 0.270 e. The molecule has 0 aliphatic heterocycles. The predicted molar refractivity (Wildman–Crippen MR) is 78.2 cm³/mol. The van der Waals surface area contributed by atoms with Gasteiger partial charge in [0.05, 0.1) is 16.2 Å². The second-order valence-corrected chi connectivity index (χ2v) is 4.45. The van der Waals surface area contributed by atoms with Gasteiger partial charge in [0.2, 0.25) is 0 Å². The fourth-order valence-electron chi connectivity index (χ4n) is 1.83. The first-order valence-electron chi connectivity index (χ1n) is 6.51. The minimum absolute atomic E-state index is 0.0599. The highest BCUT2D eigenvalue weighted by molar-refractivity contribution is 5.61. The molecule has 0 bridgehead atoms. The first kappa shape index (κ1) is 16.2. The molecule has 2 rings (SSSR count). The summed E-state index contributed by atoms with van der Waals surface area (Å²) in [5.41, 5.74) is 0.338. The van der Waals surface area contributed by atoms with Gasteiger partial charge in [0.1, 0.15) is 18.5 Å². The van der Waals surface area contributed by atoms with Crippen molar-refractivity contribution in [2.24, 2.45) is 0 Å². The van der Waals surface area contributed by atoms with Crippen LogP contribution in [0.5, 0.6) is 5.75 Å². The van der Waals surface area contributed by atoms with E-state index >= 15 is 0 Å². The van der Waals surface area contributed by atoms with E-state index in [-0.39, 0.29) is 30.2 Å². The maximum absolute atomic E-state index is 13.3. The maximum Gasteiger partial charge on any atom is 0.270 e. The Morgan fingerprint density at radius 1 is 1.26 bits per heavy atom. The molecule has 6 nitrogen and oxygen atoms in total. The van der Waals surface area contributed by atoms with Crippen LogP contribution in [0, 0.1) is 33.1 Å². The van der Waals surface area contributed by atoms with Crippen LogP contribution in [0.25, 0.3) is 0 Å². The summed E-state index contributed by atoms with van der Waals surface area (Å²) < 4.78 is 31.2. The van der Waals surface area contributed by atoms with Gasteiger partial charge in [0.15, 0.2) is 11.6 Å². The van der Waals surface area contributed by atoms with E-state index in [0.29, 0.717) is 11.8 Å². The van der Waals surface area contributed by atoms with Crippen LogP contribution in [0.15, 0.2) is 36.4 Å². The molecule has 0 heterocycles. The Morgan fingerprint density at radius 2 is 2.04 bits per heavy atom. The lowest BCUT2D eigenvalue weighted by atomic mass is 10.1. The molecule has 23 heavy (non-hydrogen) atoms. The van der Waals surface area contributed by atoms with Crippen molar-refractivity contribution in [3.05, 3.63) is 63.7 Å². The molecular weight excluding hydrogens is 308 g/mol. The number of nitriles is 1. The van der Waals surface area contributed by atoms with Crippen molar-refractivity contribution in [3.63, 3.8) is 0 Å². The molecule has 118 valence electrons. The lowest BCUT2D eigenvalue weighted by molar-refractivity contribution is -0.384. The summed E-state index contributed by atoms with van der Waals surface area (Å²) in [6.07, 6.45) is 0. The van der Waals surface area contributed by atoms with Crippen LogP contribution in [-0.4, -0.2) is 18.1 Å². The fourth-order valence-corrected chi connectivity index (χ4v) is 1.83. The van der Waals surface area contributed by atoms with Gasteiger partial charge in [0.25, 0.3) is 5.69 Å². The van der Waals surface area contributed by atoms with E-state index in [9.17, 15) is 18.9 Å². The molecule has 0 spiro atoms. The highest BCUT2D eigenvalue weighted by atomic mass is 19.1. The van der Waals surface area contributed by atoms with Gasteiger partial charge in [-0.15, -0.1) is 0 Å². The number of hydrogen-bond donors (Lipinski definition) is 1. The minimum Gasteiger partial charge on any atom is -0.489 e. The second kappa shape index (κ2) is 7.17. The second-order valence-electron chi connectivity index (χ2n) is 4.45. The van der Waals surface area contributed by atoms with Gasteiger partial charge in [-0.2, -0.15) is 5.26 Å². The Hall–Kier alpha value is -3.21. The van der Waals surface area contributed by atoms with Crippen LogP contribution in [0.1, 0.15) is 5.56 Å². The number of halogens is 2. The summed E-state index contributed by atoms with van der Waals surface area (Å²) in [4.78, 5) is 10.1. The summed E-state index contributed by atoms with van der Waals surface area (Å²) in [6, 6.07) is 8.66. The van der Waals surface area contributed by atoms with E-state index in [0.717, 1.165) is 12.1 Å². The summed E-state index contributed by atoms with van der Waals surface area (Å²) in [6.45, 7) is 0.285. The number of nitrogens with zero attached hydrogens (tertiary/aromatic N) is 2. The van der Waals surface area contributed by atoms with Gasteiger partial charge in [-0.05, 0) is 18.2 Å². The number of rotatable bonds is 6. The molecule has 0 fully saturated rings. The van der Waals surface area contributed by atoms with E-state index < -0.39 is 16.6 Å². The Balaban J connectivity index is 1.94. The van der Waals surface area contributed by atoms with E-state index in [1.807, 2.05) is 6.07 Å². The monoisotopic (exact) mass is 319 g/mol. The molecule has 2 aromatic carbocycles. The zero-order valence-corrected chi connectivity index (χ0v) is 11.8. The average Bonchev–Trinajstić information content (AvgIpc) is 2.53. The third-order valence-electron chi connectivity index (χ3n) is 2.90. The molecule has 0 saturated heterocycles. The van der Waals surface area contributed by atoms with Crippen LogP contribution in [0.4, 0.5) is 20.2 Å². The molecule has 0 aromatic heterocycles. The number of nitro benzene ring substituents is 1. The summed E-state index contributed by atoms with van der Waals surface area (Å²) >= 11 is 0. The van der Waals surface area contributed by atoms with Gasteiger partial charge < -0.3 is 10.1 Å². The molecule has 0 atom stereocenters. The Labute approximate surface area is 130 Å². The van der Waals surface area contributed by atoms with Crippen molar-refractivity contribution in [2.75, 3.05) is 18.5 Å². The molecule has 0 amide bonds. The van der Waals surface area contributed by atoms with Crippen LogP contribution in [-0.2, 0) is 0 Å². The van der Waals surface area contributed by atoms with Gasteiger partial charge in [0, 0.05) is 24.7 Å². The molecular formula is C15H11F2N3O3. The lowest BCUT2D eigenvalue weighted by Gasteiger charge is -2.10. The standard InChI is InChI=1S/C15H11F2N3O3/c16-11-1-4-15(13(17)8-11)23-6-5-19-14-3-2-12(20(21)22)7-10(14)9-18/h1-4,7-8,19H,5-6H2. The number of nitrogens with one attached hydrogen (secondary N) is 1. The van der Waals surface area contributed by atoms with Gasteiger partial charge in [-0.25, -0.2) is 8.78 Å².